The third kappa shape index (κ3) is 3.37. The van der Waals surface area contributed by atoms with Gasteiger partial charge in [0.05, 0.1) is 6.61 Å². The van der Waals surface area contributed by atoms with Crippen molar-refractivity contribution in [2.24, 2.45) is 11.3 Å². The Hall–Kier alpha value is -0.970. The molecule has 1 aliphatic rings. The Morgan fingerprint density at radius 3 is 2.75 bits per heavy atom. The van der Waals surface area contributed by atoms with E-state index < -0.39 is 0 Å². The zero-order chi connectivity index (χ0) is 14.8. The first-order valence-electron chi connectivity index (χ1n) is 7.56. The highest BCUT2D eigenvalue weighted by Crippen LogP contribution is 2.41. The van der Waals surface area contributed by atoms with E-state index in [1.165, 1.54) is 30.8 Å². The molecule has 2 N–H and O–H groups in total. The number of ether oxygens (including phenoxy) is 1. The van der Waals surface area contributed by atoms with Gasteiger partial charge < -0.3 is 15.4 Å². The van der Waals surface area contributed by atoms with Gasteiger partial charge in [0.2, 0.25) is 0 Å². The van der Waals surface area contributed by atoms with Crippen molar-refractivity contribution in [1.29, 1.82) is 0 Å². The van der Waals surface area contributed by atoms with Gasteiger partial charge in [-0.15, -0.1) is 0 Å². The Balaban J connectivity index is 2.11. The van der Waals surface area contributed by atoms with Crippen molar-refractivity contribution in [3.63, 3.8) is 0 Å². The van der Waals surface area contributed by atoms with Gasteiger partial charge in [-0.3, -0.25) is 0 Å². The summed E-state index contributed by atoms with van der Waals surface area (Å²) in [7, 11) is 0. The molecule has 1 atom stereocenters. The van der Waals surface area contributed by atoms with Crippen molar-refractivity contribution >= 4 is 22.4 Å². The zero-order valence-corrected chi connectivity index (χ0v) is 13.9. The highest BCUT2D eigenvalue weighted by molar-refractivity contribution is 7.11. The average Bonchev–Trinajstić information content (AvgIpc) is 2.62. The standard InChI is InChI=1S/C15H27N3OS/c1-5-19-12-13(16)17-20-14(12)18-9-6-7-11(8-10-18)15(2,3)4/h11H,5-10H2,1-4H3,(H2,16,17). The van der Waals surface area contributed by atoms with Crippen molar-refractivity contribution in [2.45, 2.75) is 47.0 Å². The summed E-state index contributed by atoms with van der Waals surface area (Å²) in [6.45, 7) is 11.8. The second kappa shape index (κ2) is 6.20. The van der Waals surface area contributed by atoms with Gasteiger partial charge in [-0.2, -0.15) is 4.37 Å². The summed E-state index contributed by atoms with van der Waals surface area (Å²) >= 11 is 1.47. The van der Waals surface area contributed by atoms with Gasteiger partial charge in [-0.1, -0.05) is 20.8 Å². The number of nitrogen functional groups attached to an aromatic ring is 1. The third-order valence-electron chi connectivity index (χ3n) is 4.19. The average molecular weight is 297 g/mol. The Morgan fingerprint density at radius 2 is 2.10 bits per heavy atom. The Kier molecular flexibility index (Phi) is 4.78. The molecule has 0 saturated carbocycles. The number of hydrogen-bond donors (Lipinski definition) is 1. The van der Waals surface area contributed by atoms with Crippen LogP contribution in [0.4, 0.5) is 10.8 Å². The lowest BCUT2D eigenvalue weighted by molar-refractivity contribution is 0.220. The van der Waals surface area contributed by atoms with Crippen molar-refractivity contribution in [3.05, 3.63) is 0 Å². The van der Waals surface area contributed by atoms with Crippen LogP contribution in [-0.4, -0.2) is 24.1 Å². The molecular formula is C15H27N3OS. The van der Waals surface area contributed by atoms with Gasteiger partial charge in [0.15, 0.2) is 16.6 Å². The van der Waals surface area contributed by atoms with Gasteiger partial charge in [0, 0.05) is 13.1 Å². The van der Waals surface area contributed by atoms with Crippen LogP contribution >= 0.6 is 11.5 Å². The fourth-order valence-corrected chi connectivity index (χ4v) is 3.74. The molecule has 5 heteroatoms. The Morgan fingerprint density at radius 1 is 1.35 bits per heavy atom. The van der Waals surface area contributed by atoms with Crippen molar-refractivity contribution in [1.82, 2.24) is 4.37 Å². The van der Waals surface area contributed by atoms with Crippen molar-refractivity contribution < 1.29 is 4.74 Å². The molecule has 0 spiro atoms. The lowest BCUT2D eigenvalue weighted by Crippen LogP contribution is -2.25. The molecule has 1 aromatic rings. The molecule has 0 aromatic carbocycles. The number of rotatable bonds is 3. The van der Waals surface area contributed by atoms with Crippen LogP contribution in [0.15, 0.2) is 0 Å². The van der Waals surface area contributed by atoms with Crippen LogP contribution in [0.2, 0.25) is 0 Å². The van der Waals surface area contributed by atoms with E-state index in [1.807, 2.05) is 6.92 Å². The summed E-state index contributed by atoms with van der Waals surface area (Å²) in [5.74, 6) is 2.10. The molecule has 0 amide bonds. The molecule has 0 radical (unpaired) electrons. The van der Waals surface area contributed by atoms with E-state index in [-0.39, 0.29) is 0 Å². The molecule has 4 nitrogen and oxygen atoms in total. The van der Waals surface area contributed by atoms with Crippen LogP contribution in [0.25, 0.3) is 0 Å². The van der Waals surface area contributed by atoms with Crippen LogP contribution in [0.1, 0.15) is 47.0 Å². The van der Waals surface area contributed by atoms with Gasteiger partial charge in [0.25, 0.3) is 0 Å². The first-order chi connectivity index (χ1) is 9.43. The molecule has 0 aliphatic carbocycles. The maximum Gasteiger partial charge on any atom is 0.197 e. The molecule has 20 heavy (non-hydrogen) atoms. The summed E-state index contributed by atoms with van der Waals surface area (Å²) in [6, 6.07) is 0. The maximum atomic E-state index is 5.92. The Bertz CT molecular complexity index is 439. The summed E-state index contributed by atoms with van der Waals surface area (Å²) in [5, 5.41) is 1.11. The smallest absolute Gasteiger partial charge is 0.197 e. The first kappa shape index (κ1) is 15.4. The number of nitrogens with two attached hydrogens (primary N) is 1. The molecule has 2 rings (SSSR count). The van der Waals surface area contributed by atoms with Gasteiger partial charge in [-0.05, 0) is 49.1 Å². The van der Waals surface area contributed by atoms with E-state index in [1.54, 1.807) is 0 Å². The largest absolute Gasteiger partial charge is 0.487 e. The Labute approximate surface area is 126 Å². The minimum absolute atomic E-state index is 0.394. The molecule has 114 valence electrons. The molecule has 1 unspecified atom stereocenters. The number of hydrogen-bond acceptors (Lipinski definition) is 5. The molecule has 0 bridgehead atoms. The minimum Gasteiger partial charge on any atom is -0.487 e. The second-order valence-corrected chi connectivity index (χ2v) is 7.37. The van der Waals surface area contributed by atoms with Crippen LogP contribution < -0.4 is 15.4 Å². The monoisotopic (exact) mass is 297 g/mol. The molecule has 1 aromatic heterocycles. The normalized spacial score (nSPS) is 20.8. The fraction of sp³-hybridized carbons (Fsp3) is 0.800. The molecule has 1 saturated heterocycles. The van der Waals surface area contributed by atoms with E-state index in [4.69, 9.17) is 10.5 Å². The van der Waals surface area contributed by atoms with Crippen LogP contribution in [0.3, 0.4) is 0 Å². The zero-order valence-electron chi connectivity index (χ0n) is 13.1. The van der Waals surface area contributed by atoms with E-state index in [9.17, 15) is 0 Å². The highest BCUT2D eigenvalue weighted by Gasteiger charge is 2.29. The van der Waals surface area contributed by atoms with E-state index in [0.717, 1.165) is 29.8 Å². The highest BCUT2D eigenvalue weighted by atomic mass is 32.1. The summed E-state index contributed by atoms with van der Waals surface area (Å²) < 4.78 is 9.94. The maximum absolute atomic E-state index is 5.92. The third-order valence-corrected chi connectivity index (χ3v) is 5.09. The lowest BCUT2D eigenvalue weighted by atomic mass is 9.77. The number of aromatic nitrogens is 1. The lowest BCUT2D eigenvalue weighted by Gasteiger charge is -2.29. The summed E-state index contributed by atoms with van der Waals surface area (Å²) in [4.78, 5) is 2.41. The van der Waals surface area contributed by atoms with Crippen LogP contribution in [0, 0.1) is 11.3 Å². The van der Waals surface area contributed by atoms with E-state index in [2.05, 4.69) is 30.0 Å². The van der Waals surface area contributed by atoms with Gasteiger partial charge >= 0.3 is 0 Å². The van der Waals surface area contributed by atoms with Gasteiger partial charge in [-0.25, -0.2) is 0 Å². The molecule has 2 heterocycles. The number of nitrogens with zero attached hydrogens (tertiary/aromatic N) is 2. The van der Waals surface area contributed by atoms with Crippen molar-refractivity contribution in [3.8, 4) is 5.75 Å². The van der Waals surface area contributed by atoms with Crippen LogP contribution in [0.5, 0.6) is 5.75 Å². The van der Waals surface area contributed by atoms with Crippen LogP contribution in [-0.2, 0) is 0 Å². The van der Waals surface area contributed by atoms with E-state index >= 15 is 0 Å². The molecule has 1 fully saturated rings. The number of anilines is 2. The molecule has 1 aliphatic heterocycles. The van der Waals surface area contributed by atoms with Crippen molar-refractivity contribution in [2.75, 3.05) is 30.3 Å². The predicted octanol–water partition coefficient (Wildman–Crippen LogP) is 3.78. The second-order valence-electron chi connectivity index (χ2n) is 6.62. The van der Waals surface area contributed by atoms with E-state index in [0.29, 0.717) is 17.8 Å². The SMILES string of the molecule is CCOc1c(N)nsc1N1CCCC(C(C)(C)C)CC1. The first-order valence-corrected chi connectivity index (χ1v) is 8.33. The summed E-state index contributed by atoms with van der Waals surface area (Å²) in [6.07, 6.45) is 3.76. The van der Waals surface area contributed by atoms with Gasteiger partial charge in [0.1, 0.15) is 0 Å². The quantitative estimate of drug-likeness (QED) is 0.922. The predicted molar refractivity (Wildman–Crippen MR) is 86.7 cm³/mol. The summed E-state index contributed by atoms with van der Waals surface area (Å²) in [5.41, 5.74) is 6.31. The topological polar surface area (TPSA) is 51.4 Å². The fourth-order valence-electron chi connectivity index (χ4n) is 2.93. The molecular weight excluding hydrogens is 270 g/mol. The minimum atomic E-state index is 0.394.